The van der Waals surface area contributed by atoms with Crippen molar-refractivity contribution in [2.45, 2.75) is 44.8 Å². The minimum Gasteiger partial charge on any atom is -0.382 e. The molecule has 0 aliphatic heterocycles. The Bertz CT molecular complexity index is 311. The fraction of sp³-hybridized carbons (Fsp3) is 0.769. The van der Waals surface area contributed by atoms with Crippen LogP contribution < -0.4 is 5.32 Å². The SMILES string of the molecule is CNC(CCc1ccnn1C)CCC(C)OC. The predicted molar refractivity (Wildman–Crippen MR) is 70.1 cm³/mol. The van der Waals surface area contributed by atoms with E-state index in [2.05, 4.69) is 23.4 Å². The molecule has 0 aromatic carbocycles. The van der Waals surface area contributed by atoms with Gasteiger partial charge in [0.25, 0.3) is 0 Å². The predicted octanol–water partition coefficient (Wildman–Crippen LogP) is 1.76. The summed E-state index contributed by atoms with van der Waals surface area (Å²) in [5.41, 5.74) is 1.30. The zero-order valence-electron chi connectivity index (χ0n) is 11.4. The van der Waals surface area contributed by atoms with E-state index in [0.29, 0.717) is 12.1 Å². The third-order valence-corrected chi connectivity index (χ3v) is 3.40. The van der Waals surface area contributed by atoms with Crippen molar-refractivity contribution >= 4 is 0 Å². The van der Waals surface area contributed by atoms with Gasteiger partial charge in [-0.15, -0.1) is 0 Å². The second-order valence-electron chi connectivity index (χ2n) is 4.59. The summed E-state index contributed by atoms with van der Waals surface area (Å²) in [5, 5.41) is 7.56. The summed E-state index contributed by atoms with van der Waals surface area (Å²) < 4.78 is 7.22. The van der Waals surface area contributed by atoms with Crippen LogP contribution >= 0.6 is 0 Å². The zero-order chi connectivity index (χ0) is 12.7. The quantitative estimate of drug-likeness (QED) is 0.751. The Hall–Kier alpha value is -0.870. The molecule has 98 valence electrons. The minimum atomic E-state index is 0.350. The van der Waals surface area contributed by atoms with Gasteiger partial charge in [-0.1, -0.05) is 0 Å². The molecule has 17 heavy (non-hydrogen) atoms. The van der Waals surface area contributed by atoms with Crippen LogP contribution in [0, 0.1) is 0 Å². The molecule has 4 heteroatoms. The molecule has 2 unspecified atom stereocenters. The van der Waals surface area contributed by atoms with E-state index < -0.39 is 0 Å². The number of nitrogens with one attached hydrogen (secondary N) is 1. The standard InChI is InChI=1S/C13H25N3O/c1-11(17-4)5-6-12(14-2)7-8-13-9-10-15-16(13)3/h9-12,14H,5-8H2,1-4H3. The van der Waals surface area contributed by atoms with Crippen molar-refractivity contribution in [2.75, 3.05) is 14.2 Å². The molecule has 1 rings (SSSR count). The van der Waals surface area contributed by atoms with E-state index in [9.17, 15) is 0 Å². The maximum atomic E-state index is 5.27. The van der Waals surface area contributed by atoms with Gasteiger partial charge in [-0.2, -0.15) is 5.10 Å². The van der Waals surface area contributed by atoms with Gasteiger partial charge in [0.05, 0.1) is 6.10 Å². The Morgan fingerprint density at radius 3 is 2.71 bits per heavy atom. The average molecular weight is 239 g/mol. The fourth-order valence-electron chi connectivity index (χ4n) is 1.96. The van der Waals surface area contributed by atoms with E-state index in [1.807, 2.05) is 25.0 Å². The van der Waals surface area contributed by atoms with Crippen LogP contribution in [0.4, 0.5) is 0 Å². The van der Waals surface area contributed by atoms with Gasteiger partial charge in [0.2, 0.25) is 0 Å². The Morgan fingerprint density at radius 2 is 2.18 bits per heavy atom. The second kappa shape index (κ2) is 7.45. The van der Waals surface area contributed by atoms with Gasteiger partial charge in [0, 0.05) is 32.1 Å². The fourth-order valence-corrected chi connectivity index (χ4v) is 1.96. The van der Waals surface area contributed by atoms with Crippen LogP contribution in [0.15, 0.2) is 12.3 Å². The van der Waals surface area contributed by atoms with Gasteiger partial charge in [0.15, 0.2) is 0 Å². The van der Waals surface area contributed by atoms with E-state index in [0.717, 1.165) is 25.7 Å². The first kappa shape index (κ1) is 14.2. The van der Waals surface area contributed by atoms with Gasteiger partial charge in [-0.05, 0) is 45.7 Å². The van der Waals surface area contributed by atoms with Crippen molar-refractivity contribution in [3.05, 3.63) is 18.0 Å². The first-order valence-electron chi connectivity index (χ1n) is 6.34. The van der Waals surface area contributed by atoms with Crippen molar-refractivity contribution in [3.8, 4) is 0 Å². The zero-order valence-corrected chi connectivity index (χ0v) is 11.4. The largest absolute Gasteiger partial charge is 0.382 e. The van der Waals surface area contributed by atoms with E-state index in [-0.39, 0.29) is 0 Å². The molecule has 0 radical (unpaired) electrons. The maximum Gasteiger partial charge on any atom is 0.0543 e. The topological polar surface area (TPSA) is 39.1 Å². The molecule has 0 spiro atoms. The number of nitrogens with zero attached hydrogens (tertiary/aromatic N) is 2. The number of aryl methyl sites for hydroxylation is 2. The summed E-state index contributed by atoms with van der Waals surface area (Å²) in [6.07, 6.45) is 6.69. The van der Waals surface area contributed by atoms with Crippen LogP contribution in [-0.2, 0) is 18.2 Å². The molecule has 1 aromatic rings. The molecule has 0 saturated heterocycles. The van der Waals surface area contributed by atoms with Gasteiger partial charge in [-0.3, -0.25) is 4.68 Å². The number of ether oxygens (including phenoxy) is 1. The molecule has 1 aromatic heterocycles. The smallest absolute Gasteiger partial charge is 0.0543 e. The third kappa shape index (κ3) is 4.88. The van der Waals surface area contributed by atoms with E-state index >= 15 is 0 Å². The molecular weight excluding hydrogens is 214 g/mol. The van der Waals surface area contributed by atoms with Crippen molar-refractivity contribution in [2.24, 2.45) is 7.05 Å². The number of hydrogen-bond donors (Lipinski definition) is 1. The molecule has 0 bridgehead atoms. The highest BCUT2D eigenvalue weighted by molar-refractivity contribution is 5.00. The normalized spacial score (nSPS) is 14.8. The Kier molecular flexibility index (Phi) is 6.22. The van der Waals surface area contributed by atoms with Gasteiger partial charge < -0.3 is 10.1 Å². The van der Waals surface area contributed by atoms with Gasteiger partial charge in [-0.25, -0.2) is 0 Å². The highest BCUT2D eigenvalue weighted by Gasteiger charge is 2.10. The minimum absolute atomic E-state index is 0.350. The van der Waals surface area contributed by atoms with E-state index in [1.165, 1.54) is 5.69 Å². The van der Waals surface area contributed by atoms with Crippen LogP contribution in [0.3, 0.4) is 0 Å². The molecular formula is C13H25N3O. The van der Waals surface area contributed by atoms with Crippen LogP contribution in [0.5, 0.6) is 0 Å². The second-order valence-corrected chi connectivity index (χ2v) is 4.59. The molecule has 0 aliphatic carbocycles. The Morgan fingerprint density at radius 1 is 1.41 bits per heavy atom. The Balaban J connectivity index is 2.30. The molecule has 0 aliphatic rings. The van der Waals surface area contributed by atoms with Crippen LogP contribution in [-0.4, -0.2) is 36.1 Å². The monoisotopic (exact) mass is 239 g/mol. The van der Waals surface area contributed by atoms with Gasteiger partial charge in [0.1, 0.15) is 0 Å². The number of methoxy groups -OCH3 is 1. The summed E-state index contributed by atoms with van der Waals surface area (Å²) in [6, 6.07) is 2.65. The lowest BCUT2D eigenvalue weighted by Gasteiger charge is -2.18. The molecule has 0 fully saturated rings. The van der Waals surface area contributed by atoms with Crippen molar-refractivity contribution < 1.29 is 4.74 Å². The number of aromatic nitrogens is 2. The van der Waals surface area contributed by atoms with Crippen molar-refractivity contribution in [3.63, 3.8) is 0 Å². The highest BCUT2D eigenvalue weighted by Crippen LogP contribution is 2.10. The lowest BCUT2D eigenvalue weighted by molar-refractivity contribution is 0.106. The summed E-state index contributed by atoms with van der Waals surface area (Å²) in [4.78, 5) is 0. The lowest BCUT2D eigenvalue weighted by atomic mass is 10.0. The highest BCUT2D eigenvalue weighted by atomic mass is 16.5. The van der Waals surface area contributed by atoms with Crippen LogP contribution in [0.1, 0.15) is 31.9 Å². The molecule has 2 atom stereocenters. The van der Waals surface area contributed by atoms with Crippen LogP contribution in [0.2, 0.25) is 0 Å². The first-order chi connectivity index (χ1) is 8.17. The molecule has 0 saturated carbocycles. The maximum absolute atomic E-state index is 5.27. The average Bonchev–Trinajstić information content (AvgIpc) is 2.75. The van der Waals surface area contributed by atoms with Crippen LogP contribution in [0.25, 0.3) is 0 Å². The molecule has 4 nitrogen and oxygen atoms in total. The first-order valence-corrected chi connectivity index (χ1v) is 6.34. The number of rotatable bonds is 8. The molecule has 1 N–H and O–H groups in total. The summed E-state index contributed by atoms with van der Waals surface area (Å²) in [7, 11) is 5.80. The Labute approximate surface area is 104 Å². The van der Waals surface area contributed by atoms with Crippen molar-refractivity contribution in [1.82, 2.24) is 15.1 Å². The number of hydrogen-bond acceptors (Lipinski definition) is 3. The van der Waals surface area contributed by atoms with E-state index in [1.54, 1.807) is 7.11 Å². The third-order valence-electron chi connectivity index (χ3n) is 3.40. The lowest BCUT2D eigenvalue weighted by Crippen LogP contribution is -2.27. The van der Waals surface area contributed by atoms with Crippen molar-refractivity contribution in [1.29, 1.82) is 0 Å². The molecule has 0 amide bonds. The summed E-state index contributed by atoms with van der Waals surface area (Å²) in [6.45, 7) is 2.12. The summed E-state index contributed by atoms with van der Waals surface area (Å²) in [5.74, 6) is 0. The van der Waals surface area contributed by atoms with Gasteiger partial charge >= 0.3 is 0 Å². The summed E-state index contributed by atoms with van der Waals surface area (Å²) >= 11 is 0. The molecule has 1 heterocycles. The van der Waals surface area contributed by atoms with E-state index in [4.69, 9.17) is 4.74 Å².